The smallest absolute Gasteiger partial charge is 0.147 e. The number of rotatable bonds is 0. The van der Waals surface area contributed by atoms with Crippen LogP contribution in [0, 0.1) is 6.17 Å². The van der Waals surface area contributed by atoms with E-state index in [9.17, 15) is 8.78 Å². The standard InChI is InChI=1S/C7H11F2/c8-6-3-1-2-4-7(9)5-6/h6H,1-5H2. The highest BCUT2D eigenvalue weighted by Gasteiger charge is 2.19. The summed E-state index contributed by atoms with van der Waals surface area (Å²) in [6.07, 6.45) is 1.70. The number of hydrogen-bond donors (Lipinski definition) is 0. The van der Waals surface area contributed by atoms with Gasteiger partial charge in [0.25, 0.3) is 0 Å². The van der Waals surface area contributed by atoms with E-state index in [1.807, 2.05) is 0 Å². The van der Waals surface area contributed by atoms with Gasteiger partial charge in [0.15, 0.2) is 0 Å². The zero-order valence-electron chi connectivity index (χ0n) is 5.37. The average molecular weight is 133 g/mol. The van der Waals surface area contributed by atoms with Crippen molar-refractivity contribution in [1.82, 2.24) is 0 Å². The fourth-order valence-corrected chi connectivity index (χ4v) is 1.13. The Hall–Kier alpha value is -0.140. The third kappa shape index (κ3) is 2.29. The quantitative estimate of drug-likeness (QED) is 0.446. The Morgan fingerprint density at radius 2 is 2.11 bits per heavy atom. The van der Waals surface area contributed by atoms with Crippen LogP contribution >= 0.6 is 0 Å². The average Bonchev–Trinajstić information content (AvgIpc) is 1.93. The second-order valence-electron chi connectivity index (χ2n) is 2.56. The lowest BCUT2D eigenvalue weighted by molar-refractivity contribution is 0.279. The third-order valence-corrected chi connectivity index (χ3v) is 1.66. The minimum Gasteiger partial charge on any atom is -0.247 e. The molecule has 0 spiro atoms. The van der Waals surface area contributed by atoms with Gasteiger partial charge in [0.05, 0.1) is 0 Å². The topological polar surface area (TPSA) is 0 Å². The number of halogens is 2. The van der Waals surface area contributed by atoms with Crippen molar-refractivity contribution in [2.45, 2.75) is 38.3 Å². The Kier molecular flexibility index (Phi) is 2.43. The summed E-state index contributed by atoms with van der Waals surface area (Å²) < 4.78 is 24.8. The van der Waals surface area contributed by atoms with Gasteiger partial charge in [-0.1, -0.05) is 12.8 Å². The number of hydrogen-bond acceptors (Lipinski definition) is 0. The maximum atomic E-state index is 12.4. The molecule has 0 amide bonds. The van der Waals surface area contributed by atoms with Gasteiger partial charge in [0.2, 0.25) is 0 Å². The van der Waals surface area contributed by atoms with Crippen molar-refractivity contribution in [3.05, 3.63) is 6.17 Å². The van der Waals surface area contributed by atoms with E-state index in [2.05, 4.69) is 0 Å². The van der Waals surface area contributed by atoms with Crippen LogP contribution in [0.3, 0.4) is 0 Å². The summed E-state index contributed by atoms with van der Waals surface area (Å²) in [5.74, 6) is 0. The van der Waals surface area contributed by atoms with Gasteiger partial charge in [0, 0.05) is 6.42 Å². The zero-order chi connectivity index (χ0) is 6.69. The van der Waals surface area contributed by atoms with Crippen LogP contribution in [0.2, 0.25) is 0 Å². The molecular weight excluding hydrogens is 122 g/mol. The van der Waals surface area contributed by atoms with Crippen LogP contribution in [-0.4, -0.2) is 6.17 Å². The molecule has 0 aromatic rings. The van der Waals surface area contributed by atoms with Gasteiger partial charge in [-0.25, -0.2) is 8.78 Å². The molecule has 0 aromatic carbocycles. The summed E-state index contributed by atoms with van der Waals surface area (Å²) in [5.41, 5.74) is 0. The third-order valence-electron chi connectivity index (χ3n) is 1.66. The summed E-state index contributed by atoms with van der Waals surface area (Å²) in [6, 6.07) is 0. The Morgan fingerprint density at radius 1 is 1.33 bits per heavy atom. The molecule has 0 nitrogen and oxygen atoms in total. The van der Waals surface area contributed by atoms with Crippen LogP contribution in [-0.2, 0) is 0 Å². The largest absolute Gasteiger partial charge is 0.247 e. The Balaban J connectivity index is 2.29. The lowest BCUT2D eigenvalue weighted by atomic mass is 10.2. The maximum absolute atomic E-state index is 12.4. The Morgan fingerprint density at radius 3 is 2.89 bits per heavy atom. The molecule has 1 aliphatic rings. The van der Waals surface area contributed by atoms with Crippen LogP contribution in [0.15, 0.2) is 0 Å². The molecular formula is C7H11F2. The van der Waals surface area contributed by atoms with Gasteiger partial charge < -0.3 is 0 Å². The first kappa shape index (κ1) is 6.97. The summed E-state index contributed by atoms with van der Waals surface area (Å²) >= 11 is 0. The monoisotopic (exact) mass is 133 g/mol. The molecule has 0 N–H and O–H groups in total. The van der Waals surface area contributed by atoms with E-state index in [0.717, 1.165) is 12.8 Å². The molecule has 1 rings (SSSR count). The van der Waals surface area contributed by atoms with E-state index >= 15 is 0 Å². The first-order valence-corrected chi connectivity index (χ1v) is 3.43. The first-order chi connectivity index (χ1) is 4.29. The molecule has 1 fully saturated rings. The molecule has 0 heterocycles. The van der Waals surface area contributed by atoms with E-state index < -0.39 is 6.17 Å². The van der Waals surface area contributed by atoms with Gasteiger partial charge >= 0.3 is 0 Å². The van der Waals surface area contributed by atoms with Gasteiger partial charge in [0.1, 0.15) is 12.3 Å². The van der Waals surface area contributed by atoms with E-state index in [1.165, 1.54) is 0 Å². The highest BCUT2D eigenvalue weighted by atomic mass is 19.1. The molecule has 9 heavy (non-hydrogen) atoms. The molecule has 1 unspecified atom stereocenters. The van der Waals surface area contributed by atoms with Crippen molar-refractivity contribution >= 4 is 0 Å². The van der Waals surface area contributed by atoms with Crippen molar-refractivity contribution in [2.75, 3.05) is 0 Å². The fourth-order valence-electron chi connectivity index (χ4n) is 1.13. The summed E-state index contributed by atoms with van der Waals surface area (Å²) in [7, 11) is 0. The van der Waals surface area contributed by atoms with E-state index in [1.54, 1.807) is 0 Å². The summed E-state index contributed by atoms with van der Waals surface area (Å²) in [5, 5.41) is 0. The van der Waals surface area contributed by atoms with Crippen molar-refractivity contribution in [1.29, 1.82) is 0 Å². The molecule has 0 aliphatic heterocycles. The number of alkyl halides is 1. The normalized spacial score (nSPS) is 32.0. The van der Waals surface area contributed by atoms with Gasteiger partial charge in [-0.2, -0.15) is 0 Å². The van der Waals surface area contributed by atoms with Crippen LogP contribution in [0.25, 0.3) is 0 Å². The predicted octanol–water partition coefficient (Wildman–Crippen LogP) is 2.79. The lowest BCUT2D eigenvalue weighted by Crippen LogP contribution is -1.99. The lowest BCUT2D eigenvalue weighted by Gasteiger charge is -2.02. The van der Waals surface area contributed by atoms with Crippen LogP contribution in [0.1, 0.15) is 32.1 Å². The fraction of sp³-hybridized carbons (Fsp3) is 0.857. The van der Waals surface area contributed by atoms with E-state index in [0.29, 0.717) is 12.8 Å². The first-order valence-electron chi connectivity index (χ1n) is 3.43. The maximum Gasteiger partial charge on any atom is 0.147 e. The molecule has 1 saturated carbocycles. The van der Waals surface area contributed by atoms with Crippen molar-refractivity contribution in [3.8, 4) is 0 Å². The van der Waals surface area contributed by atoms with Crippen LogP contribution in [0.4, 0.5) is 8.78 Å². The zero-order valence-corrected chi connectivity index (χ0v) is 5.37. The van der Waals surface area contributed by atoms with E-state index in [-0.39, 0.29) is 12.6 Å². The highest BCUT2D eigenvalue weighted by Crippen LogP contribution is 2.27. The molecule has 1 radical (unpaired) electrons. The Bertz CT molecular complexity index is 73.0. The molecule has 0 aromatic heterocycles. The van der Waals surface area contributed by atoms with E-state index in [4.69, 9.17) is 0 Å². The SMILES string of the molecule is F[C]1CCCCC(F)C1. The van der Waals surface area contributed by atoms with Crippen molar-refractivity contribution in [3.63, 3.8) is 0 Å². The van der Waals surface area contributed by atoms with Crippen LogP contribution < -0.4 is 0 Å². The van der Waals surface area contributed by atoms with Crippen molar-refractivity contribution < 1.29 is 8.78 Å². The van der Waals surface area contributed by atoms with Gasteiger partial charge in [-0.05, 0) is 12.8 Å². The summed E-state index contributed by atoms with van der Waals surface area (Å²) in [4.78, 5) is 0. The molecule has 1 atom stereocenters. The second kappa shape index (κ2) is 3.14. The second-order valence-corrected chi connectivity index (χ2v) is 2.56. The minimum absolute atomic E-state index is 0.0556. The van der Waals surface area contributed by atoms with Crippen molar-refractivity contribution in [2.24, 2.45) is 0 Å². The highest BCUT2D eigenvalue weighted by molar-refractivity contribution is 4.83. The molecule has 1 aliphatic carbocycles. The van der Waals surface area contributed by atoms with Gasteiger partial charge in [-0.15, -0.1) is 0 Å². The van der Waals surface area contributed by atoms with Gasteiger partial charge in [-0.3, -0.25) is 0 Å². The molecule has 0 saturated heterocycles. The molecule has 2 heteroatoms. The summed E-state index contributed by atoms with van der Waals surface area (Å²) in [6.45, 7) is 0. The minimum atomic E-state index is -0.910. The Labute approximate surface area is 54.3 Å². The predicted molar refractivity (Wildman–Crippen MR) is 32.3 cm³/mol. The molecule has 0 bridgehead atoms. The molecule has 53 valence electrons. The van der Waals surface area contributed by atoms with Crippen LogP contribution in [0.5, 0.6) is 0 Å².